The summed E-state index contributed by atoms with van der Waals surface area (Å²) in [6.07, 6.45) is 4.57. The van der Waals surface area contributed by atoms with E-state index < -0.39 is 5.92 Å². The molecule has 26 heavy (non-hydrogen) atoms. The molecule has 1 aromatic carbocycles. The Morgan fingerprint density at radius 2 is 1.92 bits per heavy atom. The van der Waals surface area contributed by atoms with E-state index >= 15 is 0 Å². The van der Waals surface area contributed by atoms with Crippen LogP contribution >= 0.6 is 11.8 Å². The first-order chi connectivity index (χ1) is 12.5. The van der Waals surface area contributed by atoms with Crippen LogP contribution in [0, 0.1) is 17.3 Å². The van der Waals surface area contributed by atoms with Gasteiger partial charge in [-0.2, -0.15) is 11.8 Å². The molecule has 0 amide bonds. The van der Waals surface area contributed by atoms with Gasteiger partial charge in [0.15, 0.2) is 0 Å². The van der Waals surface area contributed by atoms with Gasteiger partial charge < -0.3 is 14.6 Å². The zero-order chi connectivity index (χ0) is 18.5. The summed E-state index contributed by atoms with van der Waals surface area (Å²) < 4.78 is 11.8. The van der Waals surface area contributed by atoms with Gasteiger partial charge in [0.2, 0.25) is 0 Å². The summed E-state index contributed by atoms with van der Waals surface area (Å²) in [6.45, 7) is 4.49. The molecule has 1 aromatic rings. The van der Waals surface area contributed by atoms with Gasteiger partial charge in [-0.1, -0.05) is 44.2 Å². The molecule has 2 bridgehead atoms. The van der Waals surface area contributed by atoms with E-state index in [1.165, 1.54) is 0 Å². The summed E-state index contributed by atoms with van der Waals surface area (Å²) in [5, 5.41) is 10.3. The molecular formula is C21H28O4S. The van der Waals surface area contributed by atoms with Crippen molar-refractivity contribution in [3.05, 3.63) is 35.9 Å². The van der Waals surface area contributed by atoms with Crippen molar-refractivity contribution in [1.82, 2.24) is 0 Å². The van der Waals surface area contributed by atoms with Crippen LogP contribution in [-0.2, 0) is 14.3 Å². The number of fused-ring (bicyclic) bond motifs is 5. The number of rotatable bonds is 6. The van der Waals surface area contributed by atoms with Gasteiger partial charge in [-0.3, -0.25) is 4.79 Å². The predicted molar refractivity (Wildman–Crippen MR) is 102 cm³/mol. The van der Waals surface area contributed by atoms with Gasteiger partial charge >= 0.3 is 5.97 Å². The highest BCUT2D eigenvalue weighted by atomic mass is 32.2. The molecule has 4 nitrogen and oxygen atoms in total. The molecule has 0 spiro atoms. The minimum absolute atomic E-state index is 0.0613. The molecule has 3 fully saturated rings. The van der Waals surface area contributed by atoms with Gasteiger partial charge in [0.1, 0.15) is 12.0 Å². The lowest BCUT2D eigenvalue weighted by Crippen LogP contribution is -2.48. The second-order valence-corrected chi connectivity index (χ2v) is 9.38. The maximum Gasteiger partial charge on any atom is 0.316 e. The van der Waals surface area contributed by atoms with E-state index in [-0.39, 0.29) is 24.1 Å². The van der Waals surface area contributed by atoms with Crippen LogP contribution in [0.4, 0.5) is 0 Å². The van der Waals surface area contributed by atoms with Crippen molar-refractivity contribution >= 4 is 17.7 Å². The number of aliphatic hydroxyl groups is 1. The summed E-state index contributed by atoms with van der Waals surface area (Å²) >= 11 is 1.92. The van der Waals surface area contributed by atoms with Crippen LogP contribution in [0.15, 0.2) is 30.3 Å². The first-order valence-electron chi connectivity index (χ1n) is 9.55. The number of epoxide rings is 1. The average Bonchev–Trinajstić information content (AvgIpc) is 3.41. The fourth-order valence-electron chi connectivity index (χ4n) is 5.41. The standard InChI is InChI=1S/C21H28O4S/c1-12(26-3)21(2)16-9-14(10-17(21)19-18(16)25-19)24-20(23)15(11-22)13-7-5-4-6-8-13/h4-8,12,14-19,22H,9-11H2,1-3H3. The quantitative estimate of drug-likeness (QED) is 0.610. The van der Waals surface area contributed by atoms with Crippen LogP contribution in [0.1, 0.15) is 38.2 Å². The Hall–Kier alpha value is -1.04. The Morgan fingerprint density at radius 3 is 2.46 bits per heavy atom. The summed E-state index contributed by atoms with van der Waals surface area (Å²) in [6, 6.07) is 9.40. The number of carbonyl (C=O) groups is 1. The second-order valence-electron chi connectivity index (χ2n) is 8.20. The first-order valence-corrected chi connectivity index (χ1v) is 10.8. The Kier molecular flexibility index (Phi) is 4.82. The van der Waals surface area contributed by atoms with Crippen molar-refractivity contribution in [3.8, 4) is 0 Å². The minimum Gasteiger partial charge on any atom is -0.462 e. The van der Waals surface area contributed by atoms with Gasteiger partial charge in [-0.25, -0.2) is 0 Å². The van der Waals surface area contributed by atoms with Crippen molar-refractivity contribution in [1.29, 1.82) is 0 Å². The van der Waals surface area contributed by atoms with Crippen molar-refractivity contribution < 1.29 is 19.4 Å². The third-order valence-corrected chi connectivity index (χ3v) is 8.38. The molecule has 1 aliphatic heterocycles. The molecule has 142 valence electrons. The lowest BCUT2D eigenvalue weighted by molar-refractivity contribution is -0.159. The predicted octanol–water partition coefficient (Wildman–Crippen LogP) is 3.24. The largest absolute Gasteiger partial charge is 0.462 e. The van der Waals surface area contributed by atoms with Crippen molar-refractivity contribution in [2.75, 3.05) is 12.9 Å². The topological polar surface area (TPSA) is 59.1 Å². The number of aliphatic hydroxyl groups excluding tert-OH is 1. The van der Waals surface area contributed by atoms with Crippen LogP contribution in [0.3, 0.4) is 0 Å². The highest BCUT2D eigenvalue weighted by Gasteiger charge is 2.71. The zero-order valence-corrected chi connectivity index (χ0v) is 16.4. The van der Waals surface area contributed by atoms with E-state index in [0.29, 0.717) is 29.3 Å². The molecule has 2 saturated carbocycles. The van der Waals surface area contributed by atoms with E-state index in [0.717, 1.165) is 18.4 Å². The second kappa shape index (κ2) is 6.84. The molecule has 6 unspecified atom stereocenters. The lowest BCUT2D eigenvalue weighted by atomic mass is 9.63. The molecule has 3 aliphatic rings. The van der Waals surface area contributed by atoms with E-state index in [2.05, 4.69) is 20.1 Å². The smallest absolute Gasteiger partial charge is 0.316 e. The Bertz CT molecular complexity index is 645. The number of thioether (sulfide) groups is 1. The van der Waals surface area contributed by atoms with Gasteiger partial charge in [-0.05, 0) is 41.9 Å². The van der Waals surface area contributed by atoms with Crippen LogP contribution < -0.4 is 0 Å². The number of carbonyl (C=O) groups excluding carboxylic acids is 1. The normalized spacial score (nSPS) is 39.8. The number of esters is 1. The monoisotopic (exact) mass is 376 g/mol. The lowest BCUT2D eigenvalue weighted by Gasteiger charge is -2.48. The number of hydrogen-bond acceptors (Lipinski definition) is 5. The first kappa shape index (κ1) is 18.3. The fourth-order valence-corrected chi connectivity index (χ4v) is 6.26. The Labute approximate surface area is 159 Å². The molecule has 1 N–H and O–H groups in total. The SMILES string of the molecule is CSC(C)C1(C)C2CC(OC(=O)C(CO)c3ccccc3)CC1C1OC12. The van der Waals surface area contributed by atoms with Crippen molar-refractivity contribution in [3.63, 3.8) is 0 Å². The van der Waals surface area contributed by atoms with Crippen LogP contribution in [0.2, 0.25) is 0 Å². The third-order valence-electron chi connectivity index (χ3n) is 7.17. The van der Waals surface area contributed by atoms with Crippen LogP contribution in [-0.4, -0.2) is 47.5 Å². The minimum atomic E-state index is -0.599. The zero-order valence-electron chi connectivity index (χ0n) is 15.6. The van der Waals surface area contributed by atoms with Crippen LogP contribution in [0.5, 0.6) is 0 Å². The van der Waals surface area contributed by atoms with Gasteiger partial charge in [-0.15, -0.1) is 0 Å². The molecule has 4 rings (SSSR count). The Morgan fingerprint density at radius 1 is 1.31 bits per heavy atom. The van der Waals surface area contributed by atoms with Gasteiger partial charge in [0.05, 0.1) is 18.8 Å². The molecule has 6 atom stereocenters. The maximum atomic E-state index is 12.7. The molecule has 0 radical (unpaired) electrons. The average molecular weight is 377 g/mol. The molecule has 2 aliphatic carbocycles. The summed E-state index contributed by atoms with van der Waals surface area (Å²) in [5.74, 6) is 0.00359. The van der Waals surface area contributed by atoms with E-state index in [1.54, 1.807) is 0 Å². The van der Waals surface area contributed by atoms with Gasteiger partial charge in [0.25, 0.3) is 0 Å². The molecule has 0 aromatic heterocycles. The maximum absolute atomic E-state index is 12.7. The summed E-state index contributed by atoms with van der Waals surface area (Å²) in [5.41, 5.74) is 1.07. The van der Waals surface area contributed by atoms with Crippen molar-refractivity contribution in [2.45, 2.75) is 56.2 Å². The molecule has 1 saturated heterocycles. The third kappa shape index (κ3) is 2.79. The number of hydrogen-bond donors (Lipinski definition) is 1. The Balaban J connectivity index is 1.46. The van der Waals surface area contributed by atoms with E-state index in [9.17, 15) is 9.90 Å². The molecular weight excluding hydrogens is 348 g/mol. The highest BCUT2D eigenvalue weighted by molar-refractivity contribution is 7.99. The summed E-state index contributed by atoms with van der Waals surface area (Å²) in [4.78, 5) is 12.7. The highest BCUT2D eigenvalue weighted by Crippen LogP contribution is 2.66. The van der Waals surface area contributed by atoms with Gasteiger partial charge in [0, 0.05) is 5.25 Å². The molecule has 1 heterocycles. The number of ether oxygens (including phenoxy) is 2. The number of benzene rings is 1. The molecule has 5 heteroatoms. The van der Waals surface area contributed by atoms with E-state index in [1.807, 2.05) is 42.1 Å². The summed E-state index contributed by atoms with van der Waals surface area (Å²) in [7, 11) is 0. The van der Waals surface area contributed by atoms with E-state index in [4.69, 9.17) is 9.47 Å². The van der Waals surface area contributed by atoms with Crippen LogP contribution in [0.25, 0.3) is 0 Å². The van der Waals surface area contributed by atoms with Crippen molar-refractivity contribution in [2.24, 2.45) is 17.3 Å². The fraction of sp³-hybridized carbons (Fsp3) is 0.667.